The van der Waals surface area contributed by atoms with Crippen molar-refractivity contribution in [2.45, 2.75) is 0 Å². The summed E-state index contributed by atoms with van der Waals surface area (Å²) < 4.78 is 0.862. The molecule has 0 atom stereocenters. The first kappa shape index (κ1) is 17.7. The molecular weight excluding hydrogens is 442 g/mol. The van der Waals surface area contributed by atoms with Crippen molar-refractivity contribution in [1.82, 2.24) is 10.4 Å². The van der Waals surface area contributed by atoms with Gasteiger partial charge in [-0.15, -0.1) is 28.3 Å². The Bertz CT molecular complexity index is 793. The molecule has 3 rings (SSSR count). The molecule has 2 N–H and O–H groups in total. The van der Waals surface area contributed by atoms with Crippen molar-refractivity contribution in [3.8, 4) is 11.3 Å². The fourth-order valence-electron chi connectivity index (χ4n) is 1.88. The van der Waals surface area contributed by atoms with Crippen molar-refractivity contribution in [1.29, 1.82) is 0 Å². The van der Waals surface area contributed by atoms with Crippen LogP contribution in [-0.4, -0.2) is 10.9 Å². The van der Waals surface area contributed by atoms with E-state index in [1.807, 2.05) is 47.8 Å². The maximum Gasteiger partial charge on any atom is 0.269 e. The molecular formula is C16H13Br2N3OS. The lowest BCUT2D eigenvalue weighted by molar-refractivity contribution is 0.0962. The van der Waals surface area contributed by atoms with Crippen LogP contribution in [0.4, 0.5) is 5.13 Å². The fraction of sp³-hybridized carbons (Fsp3) is 0. The lowest BCUT2D eigenvalue weighted by Crippen LogP contribution is -2.29. The highest BCUT2D eigenvalue weighted by Gasteiger charge is 2.07. The predicted octanol–water partition coefficient (Wildman–Crippen LogP) is 4.91. The maximum atomic E-state index is 12.0. The zero-order chi connectivity index (χ0) is 15.4. The second kappa shape index (κ2) is 8.24. The second-order valence-electron chi connectivity index (χ2n) is 4.49. The first-order valence-electron chi connectivity index (χ1n) is 6.55. The summed E-state index contributed by atoms with van der Waals surface area (Å²) in [6.45, 7) is 0. The SMILES string of the molecule is Br.O=C(NNc1nc(-c2ccccc2)cs1)c1cccc(Br)c1. The number of benzene rings is 2. The number of hydrogen-bond donors (Lipinski definition) is 2. The Morgan fingerprint density at radius 3 is 2.61 bits per heavy atom. The molecule has 0 aliphatic carbocycles. The van der Waals surface area contributed by atoms with E-state index >= 15 is 0 Å². The predicted molar refractivity (Wildman–Crippen MR) is 103 cm³/mol. The minimum Gasteiger partial charge on any atom is -0.273 e. The number of halogens is 2. The highest BCUT2D eigenvalue weighted by molar-refractivity contribution is 9.10. The molecule has 0 aliphatic rings. The molecule has 7 heteroatoms. The van der Waals surface area contributed by atoms with Gasteiger partial charge in [-0.25, -0.2) is 4.98 Å². The lowest BCUT2D eigenvalue weighted by atomic mass is 10.2. The van der Waals surface area contributed by atoms with Crippen LogP contribution in [0.15, 0.2) is 64.5 Å². The number of hydrogen-bond acceptors (Lipinski definition) is 4. The third-order valence-electron chi connectivity index (χ3n) is 2.94. The first-order valence-corrected chi connectivity index (χ1v) is 8.22. The molecule has 3 aromatic rings. The maximum absolute atomic E-state index is 12.0. The Labute approximate surface area is 156 Å². The van der Waals surface area contributed by atoms with Crippen molar-refractivity contribution in [3.63, 3.8) is 0 Å². The van der Waals surface area contributed by atoms with Crippen molar-refractivity contribution in [3.05, 3.63) is 70.0 Å². The molecule has 0 bridgehead atoms. The van der Waals surface area contributed by atoms with Crippen LogP contribution in [0.2, 0.25) is 0 Å². The highest BCUT2D eigenvalue weighted by atomic mass is 79.9. The van der Waals surface area contributed by atoms with Crippen molar-refractivity contribution >= 4 is 55.3 Å². The molecule has 0 radical (unpaired) electrons. The number of rotatable bonds is 4. The van der Waals surface area contributed by atoms with E-state index in [-0.39, 0.29) is 22.9 Å². The normalized spacial score (nSPS) is 9.78. The molecule has 1 amide bonds. The van der Waals surface area contributed by atoms with Crippen molar-refractivity contribution < 1.29 is 4.79 Å². The number of amides is 1. The van der Waals surface area contributed by atoms with E-state index in [2.05, 4.69) is 31.8 Å². The number of nitrogens with one attached hydrogen (secondary N) is 2. The van der Waals surface area contributed by atoms with Gasteiger partial charge >= 0.3 is 0 Å². The van der Waals surface area contributed by atoms with Gasteiger partial charge in [-0.05, 0) is 18.2 Å². The lowest BCUT2D eigenvalue weighted by Gasteiger charge is -2.05. The van der Waals surface area contributed by atoms with Gasteiger partial charge in [-0.2, -0.15) is 0 Å². The van der Waals surface area contributed by atoms with Gasteiger partial charge in [-0.3, -0.25) is 15.6 Å². The highest BCUT2D eigenvalue weighted by Crippen LogP contribution is 2.24. The molecule has 1 aromatic heterocycles. The molecule has 1 heterocycles. The number of hydrazine groups is 1. The van der Waals surface area contributed by atoms with E-state index in [1.165, 1.54) is 11.3 Å². The molecule has 0 aliphatic heterocycles. The first-order chi connectivity index (χ1) is 10.7. The Kier molecular flexibility index (Phi) is 6.32. The van der Waals surface area contributed by atoms with Crippen LogP contribution in [-0.2, 0) is 0 Å². The molecule has 0 fully saturated rings. The largest absolute Gasteiger partial charge is 0.273 e. The van der Waals surface area contributed by atoms with Gasteiger partial charge < -0.3 is 0 Å². The van der Waals surface area contributed by atoms with E-state index < -0.39 is 0 Å². The average Bonchev–Trinajstić information content (AvgIpc) is 3.02. The Morgan fingerprint density at radius 2 is 1.87 bits per heavy atom. The summed E-state index contributed by atoms with van der Waals surface area (Å²) in [6, 6.07) is 17.1. The topological polar surface area (TPSA) is 54.0 Å². The molecule has 0 saturated carbocycles. The Balaban J connectivity index is 0.00000192. The van der Waals surface area contributed by atoms with E-state index in [4.69, 9.17) is 0 Å². The third kappa shape index (κ3) is 4.63. The van der Waals surface area contributed by atoms with Gasteiger partial charge in [0.25, 0.3) is 5.91 Å². The molecule has 23 heavy (non-hydrogen) atoms. The average molecular weight is 455 g/mol. The van der Waals surface area contributed by atoms with E-state index in [1.54, 1.807) is 12.1 Å². The molecule has 4 nitrogen and oxygen atoms in total. The van der Waals surface area contributed by atoms with Crippen LogP contribution in [0.5, 0.6) is 0 Å². The van der Waals surface area contributed by atoms with Crippen molar-refractivity contribution in [2.24, 2.45) is 0 Å². The number of anilines is 1. The van der Waals surface area contributed by atoms with E-state index in [0.717, 1.165) is 15.7 Å². The van der Waals surface area contributed by atoms with E-state index in [0.29, 0.717) is 10.7 Å². The number of carbonyl (C=O) groups is 1. The summed E-state index contributed by atoms with van der Waals surface area (Å²) in [5.41, 5.74) is 7.99. The van der Waals surface area contributed by atoms with Gasteiger partial charge in [0.2, 0.25) is 5.13 Å². The summed E-state index contributed by atoms with van der Waals surface area (Å²) in [4.78, 5) is 16.5. The molecule has 0 spiro atoms. The third-order valence-corrected chi connectivity index (χ3v) is 4.19. The van der Waals surface area contributed by atoms with Crippen LogP contribution in [0, 0.1) is 0 Å². The van der Waals surface area contributed by atoms with Crippen LogP contribution in [0.25, 0.3) is 11.3 Å². The zero-order valence-corrected chi connectivity index (χ0v) is 15.9. The fourth-order valence-corrected chi connectivity index (χ4v) is 2.96. The van der Waals surface area contributed by atoms with Gasteiger partial charge in [-0.1, -0.05) is 52.3 Å². The number of aromatic nitrogens is 1. The smallest absolute Gasteiger partial charge is 0.269 e. The standard InChI is InChI=1S/C16H12BrN3OS.BrH/c17-13-8-4-7-12(9-13)15(21)19-20-16-18-14(10-22-16)11-5-2-1-3-6-11;/h1-10H,(H,18,20)(H,19,21);1H. The molecule has 2 aromatic carbocycles. The van der Waals surface area contributed by atoms with E-state index in [9.17, 15) is 4.79 Å². The zero-order valence-electron chi connectivity index (χ0n) is 11.8. The van der Waals surface area contributed by atoms with Gasteiger partial charge in [0.05, 0.1) is 5.69 Å². The molecule has 0 unspecified atom stereocenters. The van der Waals surface area contributed by atoms with Gasteiger partial charge in [0.15, 0.2) is 0 Å². The summed E-state index contributed by atoms with van der Waals surface area (Å²) in [7, 11) is 0. The summed E-state index contributed by atoms with van der Waals surface area (Å²) in [6.07, 6.45) is 0. The van der Waals surface area contributed by atoms with Crippen LogP contribution >= 0.6 is 44.2 Å². The van der Waals surface area contributed by atoms with Gasteiger partial charge in [0, 0.05) is 21.0 Å². The number of carbonyl (C=O) groups excluding carboxylic acids is 1. The quantitative estimate of drug-likeness (QED) is 0.550. The molecule has 118 valence electrons. The summed E-state index contributed by atoms with van der Waals surface area (Å²) in [5, 5.41) is 2.59. The Hall–Kier alpha value is -1.70. The van der Waals surface area contributed by atoms with Crippen LogP contribution in [0.3, 0.4) is 0 Å². The monoisotopic (exact) mass is 453 g/mol. The second-order valence-corrected chi connectivity index (χ2v) is 6.27. The number of nitrogens with zero attached hydrogens (tertiary/aromatic N) is 1. The van der Waals surface area contributed by atoms with Gasteiger partial charge in [0.1, 0.15) is 0 Å². The minimum atomic E-state index is -0.210. The summed E-state index contributed by atoms with van der Waals surface area (Å²) in [5.74, 6) is -0.210. The Morgan fingerprint density at radius 1 is 1.09 bits per heavy atom. The summed E-state index contributed by atoms with van der Waals surface area (Å²) >= 11 is 4.78. The van der Waals surface area contributed by atoms with Crippen LogP contribution < -0.4 is 10.9 Å². The van der Waals surface area contributed by atoms with Crippen LogP contribution in [0.1, 0.15) is 10.4 Å². The number of thiazole rings is 1. The minimum absolute atomic E-state index is 0. The van der Waals surface area contributed by atoms with Crippen molar-refractivity contribution in [2.75, 3.05) is 5.43 Å². The molecule has 0 saturated heterocycles.